The highest BCUT2D eigenvalue weighted by Crippen LogP contribution is 2.32. The summed E-state index contributed by atoms with van der Waals surface area (Å²) in [6, 6.07) is 10.4. The number of nitrogens with zero attached hydrogens (tertiary/aromatic N) is 1. The van der Waals surface area contributed by atoms with Gasteiger partial charge in [-0.15, -0.1) is 0 Å². The molecule has 8 heteroatoms. The minimum absolute atomic E-state index is 0.0445. The molecule has 0 aliphatic carbocycles. The highest BCUT2D eigenvalue weighted by molar-refractivity contribution is 7.89. The van der Waals surface area contributed by atoms with Crippen LogP contribution in [0.5, 0.6) is 11.5 Å². The number of rotatable bonds is 5. The van der Waals surface area contributed by atoms with Crippen molar-refractivity contribution in [2.75, 3.05) is 25.1 Å². The van der Waals surface area contributed by atoms with E-state index in [1.54, 1.807) is 18.2 Å². The van der Waals surface area contributed by atoms with Crippen molar-refractivity contribution in [2.45, 2.75) is 31.2 Å². The van der Waals surface area contributed by atoms with Crippen molar-refractivity contribution in [1.29, 1.82) is 0 Å². The highest BCUT2D eigenvalue weighted by atomic mass is 32.2. The van der Waals surface area contributed by atoms with Crippen LogP contribution in [0.1, 0.15) is 24.5 Å². The van der Waals surface area contributed by atoms with E-state index in [1.807, 2.05) is 25.1 Å². The zero-order valence-electron chi connectivity index (χ0n) is 15.6. The number of carbonyl (C=O) groups excluding carboxylic acids is 1. The summed E-state index contributed by atoms with van der Waals surface area (Å²) in [5.74, 6) is 1.27. The topological polar surface area (TPSA) is 84.9 Å². The van der Waals surface area contributed by atoms with Gasteiger partial charge < -0.3 is 14.8 Å². The number of sulfonamides is 1. The van der Waals surface area contributed by atoms with Crippen molar-refractivity contribution < 1.29 is 22.7 Å². The summed E-state index contributed by atoms with van der Waals surface area (Å²) in [5.41, 5.74) is 2.36. The summed E-state index contributed by atoms with van der Waals surface area (Å²) >= 11 is 0. The van der Waals surface area contributed by atoms with Crippen LogP contribution >= 0.6 is 0 Å². The molecule has 0 saturated carbocycles. The number of carbonyl (C=O) groups is 1. The zero-order chi connectivity index (χ0) is 19.7. The number of hydrogen-bond donors (Lipinski definition) is 1. The second kappa shape index (κ2) is 7.44. The van der Waals surface area contributed by atoms with E-state index in [9.17, 15) is 13.2 Å². The first-order chi connectivity index (χ1) is 13.5. The van der Waals surface area contributed by atoms with Gasteiger partial charge in [0.1, 0.15) is 13.2 Å². The fraction of sp³-hybridized carbons (Fsp3) is 0.350. The highest BCUT2D eigenvalue weighted by Gasteiger charge is 2.26. The minimum atomic E-state index is -3.67. The average Bonchev–Trinajstić information content (AvgIpc) is 2.71. The maximum Gasteiger partial charge on any atom is 0.243 e. The van der Waals surface area contributed by atoms with Crippen LogP contribution in [-0.2, 0) is 27.8 Å². The lowest BCUT2D eigenvalue weighted by atomic mass is 10.0. The van der Waals surface area contributed by atoms with Crippen LogP contribution in [0, 0.1) is 0 Å². The zero-order valence-corrected chi connectivity index (χ0v) is 16.4. The normalized spacial score (nSPS) is 15.9. The summed E-state index contributed by atoms with van der Waals surface area (Å²) in [7, 11) is -3.67. The van der Waals surface area contributed by atoms with E-state index in [4.69, 9.17) is 9.47 Å². The van der Waals surface area contributed by atoms with Crippen molar-refractivity contribution in [3.8, 4) is 11.5 Å². The molecule has 4 rings (SSSR count). The Morgan fingerprint density at radius 1 is 1.04 bits per heavy atom. The van der Waals surface area contributed by atoms with Crippen LogP contribution in [0.2, 0.25) is 0 Å². The number of nitrogens with one attached hydrogen (secondary N) is 1. The van der Waals surface area contributed by atoms with Crippen molar-refractivity contribution >= 4 is 21.6 Å². The van der Waals surface area contributed by atoms with E-state index < -0.39 is 10.0 Å². The Morgan fingerprint density at radius 2 is 1.82 bits per heavy atom. The summed E-state index contributed by atoms with van der Waals surface area (Å²) in [6.45, 7) is 3.39. The van der Waals surface area contributed by atoms with E-state index >= 15 is 0 Å². The SMILES string of the molecule is CCN(Cc1ccc2c(c1)OCCO2)S(=O)(=O)c1ccc2c(c1)CCC(=O)N2. The molecule has 2 aromatic rings. The maximum atomic E-state index is 13.2. The lowest BCUT2D eigenvalue weighted by molar-refractivity contribution is -0.116. The Hall–Kier alpha value is -2.58. The Morgan fingerprint density at radius 3 is 2.61 bits per heavy atom. The number of anilines is 1. The first kappa shape index (κ1) is 18.8. The Balaban J connectivity index is 1.59. The fourth-order valence-electron chi connectivity index (χ4n) is 3.43. The molecule has 0 saturated heterocycles. The summed E-state index contributed by atoms with van der Waals surface area (Å²) in [5, 5.41) is 2.78. The largest absolute Gasteiger partial charge is 0.486 e. The van der Waals surface area contributed by atoms with Crippen LogP contribution in [0.25, 0.3) is 0 Å². The Labute approximate surface area is 164 Å². The van der Waals surface area contributed by atoms with Crippen molar-refractivity contribution in [1.82, 2.24) is 4.31 Å². The summed E-state index contributed by atoms with van der Waals surface area (Å²) in [4.78, 5) is 11.7. The Bertz CT molecular complexity index is 1020. The van der Waals surface area contributed by atoms with Gasteiger partial charge in [0, 0.05) is 25.2 Å². The van der Waals surface area contributed by atoms with Gasteiger partial charge in [-0.05, 0) is 47.9 Å². The second-order valence-corrected chi connectivity index (χ2v) is 8.71. The molecule has 0 fully saturated rings. The predicted molar refractivity (Wildman–Crippen MR) is 104 cm³/mol. The number of fused-ring (bicyclic) bond motifs is 2. The monoisotopic (exact) mass is 402 g/mol. The molecule has 0 radical (unpaired) electrons. The van der Waals surface area contributed by atoms with Crippen molar-refractivity contribution in [2.24, 2.45) is 0 Å². The van der Waals surface area contributed by atoms with Crippen LogP contribution in [0.3, 0.4) is 0 Å². The lowest BCUT2D eigenvalue weighted by Crippen LogP contribution is -2.31. The minimum Gasteiger partial charge on any atom is -0.486 e. The van der Waals surface area contributed by atoms with E-state index in [-0.39, 0.29) is 17.3 Å². The molecule has 1 N–H and O–H groups in total. The summed E-state index contributed by atoms with van der Waals surface area (Å²) in [6.07, 6.45) is 0.907. The van der Waals surface area contributed by atoms with Gasteiger partial charge in [-0.1, -0.05) is 13.0 Å². The van der Waals surface area contributed by atoms with Crippen LogP contribution in [0.15, 0.2) is 41.3 Å². The molecular formula is C20H22N2O5S. The van der Waals surface area contributed by atoms with Crippen molar-refractivity contribution in [3.63, 3.8) is 0 Å². The first-order valence-electron chi connectivity index (χ1n) is 9.29. The molecule has 0 bridgehead atoms. The van der Waals surface area contributed by atoms with Crippen LogP contribution < -0.4 is 14.8 Å². The summed E-state index contributed by atoms with van der Waals surface area (Å²) < 4.78 is 38.9. The molecular weight excluding hydrogens is 380 g/mol. The number of hydrogen-bond acceptors (Lipinski definition) is 5. The quantitative estimate of drug-likeness (QED) is 0.831. The number of benzene rings is 2. The third-order valence-corrected chi connectivity index (χ3v) is 6.84. The van der Waals surface area contributed by atoms with Gasteiger partial charge in [-0.3, -0.25) is 4.79 Å². The van der Waals surface area contributed by atoms with E-state index in [1.165, 1.54) is 4.31 Å². The predicted octanol–water partition coefficient (Wildman–Crippen LogP) is 2.55. The van der Waals surface area contributed by atoms with Crippen LogP contribution in [-0.4, -0.2) is 38.4 Å². The van der Waals surface area contributed by atoms with Gasteiger partial charge >= 0.3 is 0 Å². The fourth-order valence-corrected chi connectivity index (χ4v) is 4.91. The second-order valence-electron chi connectivity index (χ2n) is 6.78. The maximum absolute atomic E-state index is 13.2. The van der Waals surface area contributed by atoms with Gasteiger partial charge in [0.15, 0.2) is 11.5 Å². The van der Waals surface area contributed by atoms with E-state index in [0.717, 1.165) is 11.1 Å². The van der Waals surface area contributed by atoms with Crippen LogP contribution in [0.4, 0.5) is 5.69 Å². The number of ether oxygens (including phenoxy) is 2. The van der Waals surface area contributed by atoms with Crippen molar-refractivity contribution in [3.05, 3.63) is 47.5 Å². The third-order valence-electron chi connectivity index (χ3n) is 4.93. The molecule has 2 aromatic carbocycles. The molecule has 1 amide bonds. The Kier molecular flexibility index (Phi) is 4.99. The lowest BCUT2D eigenvalue weighted by Gasteiger charge is -2.24. The third kappa shape index (κ3) is 3.57. The molecule has 7 nitrogen and oxygen atoms in total. The van der Waals surface area contributed by atoms with E-state index in [2.05, 4.69) is 5.32 Å². The smallest absolute Gasteiger partial charge is 0.243 e. The van der Waals surface area contributed by atoms with Gasteiger partial charge in [-0.25, -0.2) is 8.42 Å². The molecule has 0 unspecified atom stereocenters. The molecule has 2 aliphatic heterocycles. The van der Waals surface area contributed by atoms with Gasteiger partial charge in [0.2, 0.25) is 15.9 Å². The number of aryl methyl sites for hydroxylation is 1. The average molecular weight is 402 g/mol. The van der Waals surface area contributed by atoms with E-state index in [0.29, 0.717) is 49.8 Å². The molecule has 0 aromatic heterocycles. The molecule has 2 heterocycles. The standard InChI is InChI=1S/C20H22N2O5S/c1-2-22(13-14-3-7-18-19(11-14)27-10-9-26-18)28(24,25)16-5-6-17-15(12-16)4-8-20(23)21-17/h3,5-7,11-12H,2,4,8-10,13H2,1H3,(H,21,23). The van der Waals surface area contributed by atoms with Gasteiger partial charge in [-0.2, -0.15) is 4.31 Å². The molecule has 0 spiro atoms. The molecule has 0 atom stereocenters. The number of amides is 1. The molecule has 28 heavy (non-hydrogen) atoms. The molecule has 148 valence electrons. The first-order valence-corrected chi connectivity index (χ1v) is 10.7. The molecule has 2 aliphatic rings. The van der Waals surface area contributed by atoms with Gasteiger partial charge in [0.05, 0.1) is 4.90 Å². The van der Waals surface area contributed by atoms with Gasteiger partial charge in [0.25, 0.3) is 0 Å².